The Bertz CT molecular complexity index is 974. The topological polar surface area (TPSA) is 73.4 Å². The predicted molar refractivity (Wildman–Crippen MR) is 90.0 cm³/mol. The highest BCUT2D eigenvalue weighted by Crippen LogP contribution is 2.42. The van der Waals surface area contributed by atoms with Crippen LogP contribution >= 0.6 is 0 Å². The van der Waals surface area contributed by atoms with Gasteiger partial charge in [-0.2, -0.15) is 0 Å². The molecule has 5 nitrogen and oxygen atoms in total. The fraction of sp³-hybridized carbons (Fsp3) is 0.158. The van der Waals surface area contributed by atoms with E-state index < -0.39 is 5.97 Å². The molecule has 1 atom stereocenters. The van der Waals surface area contributed by atoms with Crippen molar-refractivity contribution in [2.45, 2.75) is 13.0 Å². The van der Waals surface area contributed by atoms with E-state index in [-0.39, 0.29) is 18.5 Å². The van der Waals surface area contributed by atoms with Gasteiger partial charge in [-0.25, -0.2) is 0 Å². The number of hydrogen-bond acceptors (Lipinski definition) is 2. The Hall–Kier alpha value is -3.08. The van der Waals surface area contributed by atoms with E-state index in [0.29, 0.717) is 5.56 Å². The van der Waals surface area contributed by atoms with Gasteiger partial charge in [-0.15, -0.1) is 0 Å². The van der Waals surface area contributed by atoms with E-state index in [9.17, 15) is 14.7 Å². The summed E-state index contributed by atoms with van der Waals surface area (Å²) in [4.78, 5) is 28.8. The number of para-hydroxylation sites is 1. The molecule has 0 radical (unpaired) electrons. The van der Waals surface area contributed by atoms with Crippen molar-refractivity contribution in [2.75, 3.05) is 6.54 Å². The lowest BCUT2D eigenvalue weighted by Crippen LogP contribution is -2.34. The van der Waals surface area contributed by atoms with Gasteiger partial charge in [-0.3, -0.25) is 9.59 Å². The van der Waals surface area contributed by atoms with E-state index in [1.807, 2.05) is 43.3 Å². The number of aromatic amines is 1. The van der Waals surface area contributed by atoms with Crippen molar-refractivity contribution in [2.24, 2.45) is 0 Å². The molecule has 120 valence electrons. The number of amides is 1. The number of H-pyrrole nitrogens is 1. The highest BCUT2D eigenvalue weighted by molar-refractivity contribution is 6.02. The smallest absolute Gasteiger partial charge is 0.323 e. The van der Waals surface area contributed by atoms with E-state index in [1.54, 1.807) is 12.1 Å². The zero-order chi connectivity index (χ0) is 16.8. The molecule has 1 aromatic heterocycles. The zero-order valence-corrected chi connectivity index (χ0v) is 13.1. The third-order valence-corrected chi connectivity index (χ3v) is 4.58. The van der Waals surface area contributed by atoms with E-state index in [2.05, 4.69) is 4.98 Å². The van der Waals surface area contributed by atoms with Crippen LogP contribution < -0.4 is 0 Å². The lowest BCUT2D eigenvalue weighted by Gasteiger charge is -2.24. The second kappa shape index (κ2) is 5.23. The summed E-state index contributed by atoms with van der Waals surface area (Å²) in [5, 5.41) is 10.3. The highest BCUT2D eigenvalue weighted by atomic mass is 16.4. The van der Waals surface area contributed by atoms with Crippen molar-refractivity contribution in [1.82, 2.24) is 9.88 Å². The molecule has 0 fully saturated rings. The van der Waals surface area contributed by atoms with Gasteiger partial charge in [0.25, 0.3) is 5.91 Å². The number of carboxylic acids is 1. The largest absolute Gasteiger partial charge is 0.480 e. The Balaban J connectivity index is 1.97. The molecule has 2 heterocycles. The minimum atomic E-state index is -1.02. The summed E-state index contributed by atoms with van der Waals surface area (Å²) in [6.07, 6.45) is 0. The van der Waals surface area contributed by atoms with Gasteiger partial charge in [0, 0.05) is 27.7 Å². The van der Waals surface area contributed by atoms with Crippen LogP contribution in [0.1, 0.15) is 33.2 Å². The molecule has 0 saturated carbocycles. The maximum atomic E-state index is 12.7. The second-order valence-corrected chi connectivity index (χ2v) is 6.03. The molecule has 0 saturated heterocycles. The van der Waals surface area contributed by atoms with E-state index >= 15 is 0 Å². The summed E-state index contributed by atoms with van der Waals surface area (Å²) in [5.41, 5.74) is 4.33. The molecule has 5 heteroatoms. The number of nitrogens with zero attached hydrogens (tertiary/aromatic N) is 1. The molecule has 1 aliphatic heterocycles. The van der Waals surface area contributed by atoms with E-state index in [4.69, 9.17) is 0 Å². The number of benzene rings is 2. The summed E-state index contributed by atoms with van der Waals surface area (Å²) >= 11 is 0. The fourth-order valence-corrected chi connectivity index (χ4v) is 3.64. The first-order valence-electron chi connectivity index (χ1n) is 7.77. The molecule has 0 spiro atoms. The predicted octanol–water partition coefficient (Wildman–Crippen LogP) is 3.11. The molecule has 1 unspecified atom stereocenters. The van der Waals surface area contributed by atoms with Crippen molar-refractivity contribution in [3.63, 3.8) is 0 Å². The first kappa shape index (κ1) is 14.5. The number of aryl methyl sites for hydroxylation is 1. The van der Waals surface area contributed by atoms with Crippen molar-refractivity contribution in [1.29, 1.82) is 0 Å². The maximum absolute atomic E-state index is 12.7. The van der Waals surface area contributed by atoms with Crippen LogP contribution in [0.3, 0.4) is 0 Å². The number of carbonyl (C=O) groups is 2. The van der Waals surface area contributed by atoms with Gasteiger partial charge in [0.15, 0.2) is 0 Å². The summed E-state index contributed by atoms with van der Waals surface area (Å²) in [5.74, 6) is -1.25. The van der Waals surface area contributed by atoms with Crippen LogP contribution in [0, 0.1) is 6.92 Å². The van der Waals surface area contributed by atoms with Crippen LogP contribution in [0.25, 0.3) is 10.9 Å². The number of nitrogens with one attached hydrogen (secondary N) is 1. The van der Waals surface area contributed by atoms with Crippen LogP contribution in [-0.4, -0.2) is 33.4 Å². The molecule has 4 rings (SSSR count). The molecule has 24 heavy (non-hydrogen) atoms. The number of fused-ring (bicyclic) bond motifs is 2. The first-order valence-corrected chi connectivity index (χ1v) is 7.77. The molecule has 3 aromatic rings. The van der Waals surface area contributed by atoms with Crippen molar-refractivity contribution < 1.29 is 14.7 Å². The minimum absolute atomic E-state index is 0.234. The first-order chi connectivity index (χ1) is 11.6. The van der Waals surface area contributed by atoms with E-state index in [1.165, 1.54) is 4.90 Å². The lowest BCUT2D eigenvalue weighted by atomic mass is 9.95. The van der Waals surface area contributed by atoms with Gasteiger partial charge in [0.05, 0.1) is 6.04 Å². The number of rotatable bonds is 3. The third kappa shape index (κ3) is 2.01. The van der Waals surface area contributed by atoms with Gasteiger partial charge < -0.3 is 15.0 Å². The van der Waals surface area contributed by atoms with E-state index in [0.717, 1.165) is 27.7 Å². The van der Waals surface area contributed by atoms with Gasteiger partial charge in [-0.1, -0.05) is 36.4 Å². The monoisotopic (exact) mass is 320 g/mol. The second-order valence-electron chi connectivity index (χ2n) is 6.03. The van der Waals surface area contributed by atoms with Crippen molar-refractivity contribution >= 4 is 22.8 Å². The summed E-state index contributed by atoms with van der Waals surface area (Å²) in [7, 11) is 0. The quantitative estimate of drug-likeness (QED) is 0.779. The van der Waals surface area contributed by atoms with Gasteiger partial charge in [0.1, 0.15) is 6.54 Å². The molecular weight excluding hydrogens is 304 g/mol. The van der Waals surface area contributed by atoms with Crippen LogP contribution in [0.15, 0.2) is 48.5 Å². The fourth-order valence-electron chi connectivity index (χ4n) is 3.64. The number of aliphatic carboxylic acids is 1. The third-order valence-electron chi connectivity index (χ3n) is 4.58. The Labute approximate surface area is 138 Å². The Morgan fingerprint density at radius 3 is 2.67 bits per heavy atom. The molecule has 2 N–H and O–H groups in total. The van der Waals surface area contributed by atoms with Crippen molar-refractivity contribution in [3.05, 3.63) is 70.9 Å². The number of hydrogen-bond donors (Lipinski definition) is 2. The minimum Gasteiger partial charge on any atom is -0.480 e. The molecule has 2 aromatic carbocycles. The lowest BCUT2D eigenvalue weighted by molar-refractivity contribution is -0.138. The van der Waals surface area contributed by atoms with Gasteiger partial charge >= 0.3 is 5.97 Å². The number of aromatic nitrogens is 1. The van der Waals surface area contributed by atoms with Gasteiger partial charge in [0.2, 0.25) is 0 Å². The van der Waals surface area contributed by atoms with Crippen LogP contribution in [0.2, 0.25) is 0 Å². The molecular formula is C19H16N2O3. The van der Waals surface area contributed by atoms with Crippen LogP contribution in [0.4, 0.5) is 0 Å². The zero-order valence-electron chi connectivity index (χ0n) is 13.1. The molecule has 0 bridgehead atoms. The van der Waals surface area contributed by atoms with Crippen LogP contribution in [-0.2, 0) is 4.79 Å². The Kier molecular flexibility index (Phi) is 3.16. The van der Waals surface area contributed by atoms with Gasteiger partial charge in [-0.05, 0) is 24.6 Å². The normalized spacial score (nSPS) is 16.6. The summed E-state index contributed by atoms with van der Waals surface area (Å²) in [6, 6.07) is 14.8. The molecule has 1 aliphatic rings. The summed E-state index contributed by atoms with van der Waals surface area (Å²) in [6.45, 7) is 1.64. The molecule has 1 amide bonds. The highest BCUT2D eigenvalue weighted by Gasteiger charge is 2.40. The average molecular weight is 320 g/mol. The standard InChI is InChI=1S/C19H16N2O3/c1-11-17(14-8-4-5-9-15(14)20-11)18-12-6-2-3-7-13(12)19(24)21(18)10-16(22)23/h2-9,18,20H,10H2,1H3,(H,22,23). The van der Waals surface area contributed by atoms with Crippen molar-refractivity contribution in [3.8, 4) is 0 Å². The number of carboxylic acid groups (broad SMARTS) is 1. The molecule has 0 aliphatic carbocycles. The average Bonchev–Trinajstić information content (AvgIpc) is 3.02. The SMILES string of the molecule is Cc1[nH]c2ccccc2c1C1c2ccccc2C(=O)N1CC(=O)O. The maximum Gasteiger partial charge on any atom is 0.323 e. The Morgan fingerprint density at radius 2 is 1.88 bits per heavy atom. The number of carbonyl (C=O) groups excluding carboxylic acids is 1. The summed E-state index contributed by atoms with van der Waals surface area (Å²) < 4.78 is 0. The van der Waals surface area contributed by atoms with Crippen LogP contribution in [0.5, 0.6) is 0 Å². The Morgan fingerprint density at radius 1 is 1.17 bits per heavy atom.